The predicted octanol–water partition coefficient (Wildman–Crippen LogP) is 3.17. The highest BCUT2D eigenvalue weighted by Crippen LogP contribution is 2.32. The third-order valence-electron chi connectivity index (χ3n) is 5.13. The Morgan fingerprint density at radius 1 is 1.10 bits per heavy atom. The van der Waals surface area contributed by atoms with Gasteiger partial charge in [-0.3, -0.25) is 14.9 Å². The van der Waals surface area contributed by atoms with Crippen LogP contribution in [0.4, 0.5) is 11.7 Å². The first-order valence-corrected chi connectivity index (χ1v) is 9.72. The number of carbonyl (C=O) groups excluding carboxylic acids is 2. The van der Waals surface area contributed by atoms with Gasteiger partial charge in [-0.15, -0.1) is 5.10 Å². The first kappa shape index (κ1) is 20.4. The zero-order valence-corrected chi connectivity index (χ0v) is 17.4. The van der Waals surface area contributed by atoms with Gasteiger partial charge in [0.1, 0.15) is 0 Å². The molecule has 1 aromatic heterocycles. The van der Waals surface area contributed by atoms with Gasteiger partial charge in [0.25, 0.3) is 5.91 Å². The second-order valence-electron chi connectivity index (χ2n) is 7.21. The van der Waals surface area contributed by atoms with E-state index in [1.165, 1.54) is 14.2 Å². The fraction of sp³-hybridized carbons (Fsp3) is 0.273. The molecular formula is C22H22N4O5. The van der Waals surface area contributed by atoms with Crippen LogP contribution in [0.5, 0.6) is 11.5 Å². The Morgan fingerprint density at radius 3 is 2.55 bits per heavy atom. The summed E-state index contributed by atoms with van der Waals surface area (Å²) in [6, 6.07) is 12.5. The van der Waals surface area contributed by atoms with Gasteiger partial charge in [-0.1, -0.05) is 22.8 Å². The molecule has 9 heteroatoms. The molecule has 2 heterocycles. The molecule has 1 aliphatic heterocycles. The number of amides is 2. The van der Waals surface area contributed by atoms with Crippen molar-refractivity contribution < 1.29 is 23.5 Å². The van der Waals surface area contributed by atoms with Gasteiger partial charge in [-0.25, -0.2) is 0 Å². The average molecular weight is 422 g/mol. The Labute approximate surface area is 179 Å². The standard InChI is InChI=1S/C22H22N4O5/c1-13-4-7-16(8-5-13)26-12-15(11-19(26)27)21-24-25-22(31-21)23-20(28)14-6-9-17(29-2)18(10-14)30-3/h4-10,15H,11-12H2,1-3H3,(H,23,25,28). The second-order valence-corrected chi connectivity index (χ2v) is 7.21. The molecule has 3 aromatic rings. The summed E-state index contributed by atoms with van der Waals surface area (Å²) in [6.45, 7) is 2.43. The highest BCUT2D eigenvalue weighted by molar-refractivity contribution is 6.03. The lowest BCUT2D eigenvalue weighted by molar-refractivity contribution is -0.117. The molecule has 0 aliphatic carbocycles. The molecule has 31 heavy (non-hydrogen) atoms. The van der Waals surface area contributed by atoms with Crippen molar-refractivity contribution in [1.82, 2.24) is 10.2 Å². The van der Waals surface area contributed by atoms with E-state index in [4.69, 9.17) is 13.9 Å². The first-order chi connectivity index (χ1) is 15.0. The molecule has 1 unspecified atom stereocenters. The Morgan fingerprint density at radius 2 is 1.84 bits per heavy atom. The summed E-state index contributed by atoms with van der Waals surface area (Å²) in [6.07, 6.45) is 0.263. The summed E-state index contributed by atoms with van der Waals surface area (Å²) in [5.41, 5.74) is 2.30. The van der Waals surface area contributed by atoms with Gasteiger partial charge in [0, 0.05) is 24.2 Å². The summed E-state index contributed by atoms with van der Waals surface area (Å²) >= 11 is 0. The lowest BCUT2D eigenvalue weighted by Gasteiger charge is -2.16. The van der Waals surface area contributed by atoms with Crippen molar-refractivity contribution in [3.05, 3.63) is 59.5 Å². The summed E-state index contributed by atoms with van der Waals surface area (Å²) in [7, 11) is 3.01. The Balaban J connectivity index is 1.44. The van der Waals surface area contributed by atoms with E-state index in [2.05, 4.69) is 15.5 Å². The smallest absolute Gasteiger partial charge is 0.322 e. The normalized spacial score (nSPS) is 15.8. The van der Waals surface area contributed by atoms with Crippen molar-refractivity contribution in [3.8, 4) is 11.5 Å². The largest absolute Gasteiger partial charge is 0.493 e. The number of nitrogens with one attached hydrogen (secondary N) is 1. The number of ether oxygens (including phenoxy) is 2. The molecule has 1 atom stereocenters. The minimum atomic E-state index is -0.431. The minimum Gasteiger partial charge on any atom is -0.493 e. The first-order valence-electron chi connectivity index (χ1n) is 9.72. The number of anilines is 2. The molecule has 1 fully saturated rings. The fourth-order valence-electron chi connectivity index (χ4n) is 3.44. The predicted molar refractivity (Wildman–Crippen MR) is 113 cm³/mol. The lowest BCUT2D eigenvalue weighted by Crippen LogP contribution is -2.24. The highest BCUT2D eigenvalue weighted by atomic mass is 16.5. The molecule has 1 aliphatic rings. The van der Waals surface area contributed by atoms with Crippen molar-refractivity contribution >= 4 is 23.5 Å². The molecule has 9 nitrogen and oxygen atoms in total. The average Bonchev–Trinajstić information content (AvgIpc) is 3.40. The molecule has 1 N–H and O–H groups in total. The number of nitrogens with zero attached hydrogens (tertiary/aromatic N) is 3. The van der Waals surface area contributed by atoms with Gasteiger partial charge in [-0.05, 0) is 37.3 Å². The van der Waals surface area contributed by atoms with Crippen LogP contribution in [0.25, 0.3) is 0 Å². The number of hydrogen-bond acceptors (Lipinski definition) is 7. The number of aromatic nitrogens is 2. The highest BCUT2D eigenvalue weighted by Gasteiger charge is 2.35. The number of rotatable bonds is 6. The van der Waals surface area contributed by atoms with E-state index < -0.39 is 5.91 Å². The van der Waals surface area contributed by atoms with Crippen molar-refractivity contribution in [2.45, 2.75) is 19.3 Å². The van der Waals surface area contributed by atoms with E-state index >= 15 is 0 Å². The summed E-state index contributed by atoms with van der Waals surface area (Å²) < 4.78 is 16.0. The number of methoxy groups -OCH3 is 2. The molecular weight excluding hydrogens is 400 g/mol. The topological polar surface area (TPSA) is 107 Å². The van der Waals surface area contributed by atoms with Crippen LogP contribution in [0.3, 0.4) is 0 Å². The van der Waals surface area contributed by atoms with E-state index in [0.29, 0.717) is 29.5 Å². The van der Waals surface area contributed by atoms with Crippen LogP contribution < -0.4 is 19.7 Å². The van der Waals surface area contributed by atoms with E-state index in [1.807, 2.05) is 31.2 Å². The summed E-state index contributed by atoms with van der Waals surface area (Å²) in [5, 5.41) is 10.5. The van der Waals surface area contributed by atoms with Crippen LogP contribution in [-0.4, -0.2) is 42.8 Å². The third-order valence-corrected chi connectivity index (χ3v) is 5.13. The third kappa shape index (κ3) is 4.20. The molecule has 0 radical (unpaired) electrons. The number of benzene rings is 2. The van der Waals surface area contributed by atoms with E-state index in [0.717, 1.165) is 11.3 Å². The van der Waals surface area contributed by atoms with Crippen LogP contribution in [0.2, 0.25) is 0 Å². The van der Waals surface area contributed by atoms with Crippen molar-refractivity contribution in [2.75, 3.05) is 31.0 Å². The molecule has 1 saturated heterocycles. The number of hydrogen-bond donors (Lipinski definition) is 1. The maximum Gasteiger partial charge on any atom is 0.322 e. The van der Waals surface area contributed by atoms with Gasteiger partial charge in [-0.2, -0.15) is 0 Å². The Bertz CT molecular complexity index is 1110. The monoisotopic (exact) mass is 422 g/mol. The van der Waals surface area contributed by atoms with Crippen LogP contribution in [-0.2, 0) is 4.79 Å². The maximum absolute atomic E-state index is 12.5. The number of aryl methyl sites for hydroxylation is 1. The van der Waals surface area contributed by atoms with Crippen molar-refractivity contribution in [3.63, 3.8) is 0 Å². The lowest BCUT2D eigenvalue weighted by atomic mass is 10.1. The van der Waals surface area contributed by atoms with Crippen LogP contribution in [0.15, 0.2) is 46.9 Å². The van der Waals surface area contributed by atoms with E-state index in [1.54, 1.807) is 23.1 Å². The van der Waals surface area contributed by atoms with Gasteiger partial charge in [0.2, 0.25) is 11.8 Å². The Kier molecular flexibility index (Phi) is 5.57. The Hall–Kier alpha value is -3.88. The van der Waals surface area contributed by atoms with E-state index in [9.17, 15) is 9.59 Å². The zero-order valence-electron chi connectivity index (χ0n) is 17.4. The molecule has 160 valence electrons. The summed E-state index contributed by atoms with van der Waals surface area (Å²) in [4.78, 5) is 26.7. The second kappa shape index (κ2) is 8.47. The molecule has 0 saturated carbocycles. The molecule has 4 rings (SSSR count). The fourth-order valence-corrected chi connectivity index (χ4v) is 3.44. The number of carbonyl (C=O) groups is 2. The van der Waals surface area contributed by atoms with E-state index in [-0.39, 0.29) is 24.3 Å². The molecule has 0 spiro atoms. The minimum absolute atomic E-state index is 0.0111. The quantitative estimate of drug-likeness (QED) is 0.650. The summed E-state index contributed by atoms with van der Waals surface area (Å²) in [5.74, 6) is 0.576. The van der Waals surface area contributed by atoms with Crippen molar-refractivity contribution in [2.24, 2.45) is 0 Å². The van der Waals surface area contributed by atoms with Crippen LogP contribution >= 0.6 is 0 Å². The van der Waals surface area contributed by atoms with Crippen LogP contribution in [0.1, 0.15) is 34.2 Å². The molecule has 2 amide bonds. The molecule has 0 bridgehead atoms. The zero-order chi connectivity index (χ0) is 22.0. The van der Waals surface area contributed by atoms with Gasteiger partial charge < -0.3 is 18.8 Å². The molecule has 2 aromatic carbocycles. The SMILES string of the molecule is COc1ccc(C(=O)Nc2nnc(C3CC(=O)N(c4ccc(C)cc4)C3)o2)cc1OC. The maximum atomic E-state index is 12.5. The van der Waals surface area contributed by atoms with Gasteiger partial charge in [0.05, 0.1) is 20.1 Å². The van der Waals surface area contributed by atoms with Gasteiger partial charge in [0.15, 0.2) is 11.5 Å². The van der Waals surface area contributed by atoms with Crippen molar-refractivity contribution in [1.29, 1.82) is 0 Å². The van der Waals surface area contributed by atoms with Gasteiger partial charge >= 0.3 is 6.01 Å². The van der Waals surface area contributed by atoms with Crippen LogP contribution in [0, 0.1) is 6.92 Å².